The first-order valence-corrected chi connectivity index (χ1v) is 6.14. The van der Waals surface area contributed by atoms with Crippen molar-refractivity contribution in [3.8, 4) is 11.4 Å². The summed E-state index contributed by atoms with van der Waals surface area (Å²) in [5.74, 6) is -0.103. The molecule has 0 fully saturated rings. The molecule has 0 radical (unpaired) electrons. The smallest absolute Gasteiger partial charge is 0.166 e. The summed E-state index contributed by atoms with van der Waals surface area (Å²) in [4.78, 5) is 0. The van der Waals surface area contributed by atoms with Crippen LogP contribution in [0, 0.1) is 11.6 Å². The van der Waals surface area contributed by atoms with Gasteiger partial charge in [-0.1, -0.05) is 6.92 Å². The number of aromatic nitrogens is 3. The van der Waals surface area contributed by atoms with E-state index in [4.69, 9.17) is 11.6 Å². The molecule has 0 aliphatic heterocycles. The highest BCUT2D eigenvalue weighted by Gasteiger charge is 2.16. The Balaban J connectivity index is 2.52. The molecule has 0 unspecified atom stereocenters. The molecule has 18 heavy (non-hydrogen) atoms. The number of alkyl halides is 1. The van der Waals surface area contributed by atoms with E-state index in [2.05, 4.69) is 10.2 Å². The van der Waals surface area contributed by atoms with Gasteiger partial charge in [0.05, 0.1) is 11.4 Å². The zero-order valence-electron chi connectivity index (χ0n) is 9.83. The van der Waals surface area contributed by atoms with Crippen LogP contribution in [0.1, 0.15) is 19.2 Å². The van der Waals surface area contributed by atoms with Crippen molar-refractivity contribution < 1.29 is 8.78 Å². The van der Waals surface area contributed by atoms with Crippen LogP contribution in [-0.4, -0.2) is 14.8 Å². The van der Waals surface area contributed by atoms with Gasteiger partial charge in [-0.15, -0.1) is 21.8 Å². The van der Waals surface area contributed by atoms with Crippen LogP contribution < -0.4 is 0 Å². The summed E-state index contributed by atoms with van der Waals surface area (Å²) in [5.41, 5.74) is 0.230. The van der Waals surface area contributed by atoms with Crippen molar-refractivity contribution in [2.24, 2.45) is 0 Å². The third kappa shape index (κ3) is 2.36. The van der Waals surface area contributed by atoms with Gasteiger partial charge in [-0.25, -0.2) is 8.78 Å². The van der Waals surface area contributed by atoms with Crippen molar-refractivity contribution in [1.29, 1.82) is 0 Å². The Kier molecular flexibility index (Phi) is 3.91. The van der Waals surface area contributed by atoms with E-state index in [0.717, 1.165) is 12.5 Å². The van der Waals surface area contributed by atoms with Crippen LogP contribution >= 0.6 is 11.6 Å². The van der Waals surface area contributed by atoms with Gasteiger partial charge >= 0.3 is 0 Å². The third-order valence-corrected chi connectivity index (χ3v) is 2.81. The van der Waals surface area contributed by atoms with E-state index in [1.54, 1.807) is 4.57 Å². The Hall–Kier alpha value is -1.49. The SMILES string of the molecule is CCCn1c(CCl)nnc1-c1ccc(F)cc1F. The van der Waals surface area contributed by atoms with Crippen LogP contribution in [-0.2, 0) is 12.4 Å². The molecule has 96 valence electrons. The molecule has 0 atom stereocenters. The van der Waals surface area contributed by atoms with Crippen LogP contribution in [0.5, 0.6) is 0 Å². The van der Waals surface area contributed by atoms with Gasteiger partial charge in [0.2, 0.25) is 0 Å². The lowest BCUT2D eigenvalue weighted by Crippen LogP contribution is -2.04. The van der Waals surface area contributed by atoms with E-state index in [9.17, 15) is 8.78 Å². The fourth-order valence-electron chi connectivity index (χ4n) is 1.76. The Labute approximate surface area is 108 Å². The molecule has 0 aliphatic carbocycles. The number of halogens is 3. The second-order valence-corrected chi connectivity index (χ2v) is 4.12. The highest BCUT2D eigenvalue weighted by atomic mass is 35.5. The van der Waals surface area contributed by atoms with Gasteiger partial charge in [0.1, 0.15) is 17.5 Å². The maximum absolute atomic E-state index is 13.7. The van der Waals surface area contributed by atoms with E-state index in [-0.39, 0.29) is 11.4 Å². The van der Waals surface area contributed by atoms with Crippen molar-refractivity contribution in [3.63, 3.8) is 0 Å². The second kappa shape index (κ2) is 5.44. The molecule has 1 aromatic heterocycles. The predicted octanol–water partition coefficient (Wildman–Crippen LogP) is 3.37. The van der Waals surface area contributed by atoms with E-state index in [0.29, 0.717) is 18.2 Å². The van der Waals surface area contributed by atoms with E-state index < -0.39 is 11.6 Å². The van der Waals surface area contributed by atoms with Gasteiger partial charge in [0, 0.05) is 12.6 Å². The Bertz CT molecular complexity index is 554. The molecular formula is C12H12ClF2N3. The zero-order chi connectivity index (χ0) is 13.1. The molecule has 1 heterocycles. The Morgan fingerprint density at radius 1 is 1.28 bits per heavy atom. The monoisotopic (exact) mass is 271 g/mol. The summed E-state index contributed by atoms with van der Waals surface area (Å²) in [5, 5.41) is 7.85. The van der Waals surface area contributed by atoms with Gasteiger partial charge in [0.25, 0.3) is 0 Å². The number of hydrogen-bond donors (Lipinski definition) is 0. The lowest BCUT2D eigenvalue weighted by atomic mass is 10.2. The number of benzene rings is 1. The molecule has 0 aliphatic rings. The molecule has 0 saturated carbocycles. The lowest BCUT2D eigenvalue weighted by molar-refractivity contribution is 0.582. The van der Waals surface area contributed by atoms with Gasteiger partial charge < -0.3 is 4.57 Å². The minimum absolute atomic E-state index is 0.204. The van der Waals surface area contributed by atoms with Gasteiger partial charge in [-0.05, 0) is 18.6 Å². The number of hydrogen-bond acceptors (Lipinski definition) is 2. The molecule has 1 aromatic carbocycles. The van der Waals surface area contributed by atoms with Crippen molar-refractivity contribution in [1.82, 2.24) is 14.8 Å². The Morgan fingerprint density at radius 2 is 2.06 bits per heavy atom. The van der Waals surface area contributed by atoms with Crippen LogP contribution in [0.15, 0.2) is 18.2 Å². The molecular weight excluding hydrogens is 260 g/mol. The second-order valence-electron chi connectivity index (χ2n) is 3.85. The summed E-state index contributed by atoms with van der Waals surface area (Å²) >= 11 is 5.76. The summed E-state index contributed by atoms with van der Waals surface area (Å²) in [6, 6.07) is 3.39. The minimum Gasteiger partial charge on any atom is -0.310 e. The van der Waals surface area contributed by atoms with Gasteiger partial charge in [0.15, 0.2) is 5.82 Å². The van der Waals surface area contributed by atoms with Gasteiger partial charge in [-0.2, -0.15) is 0 Å². The van der Waals surface area contributed by atoms with Crippen LogP contribution in [0.25, 0.3) is 11.4 Å². The molecule has 0 amide bonds. The maximum Gasteiger partial charge on any atom is 0.166 e. The fraction of sp³-hybridized carbons (Fsp3) is 0.333. The highest BCUT2D eigenvalue weighted by Crippen LogP contribution is 2.23. The molecule has 0 spiro atoms. The highest BCUT2D eigenvalue weighted by molar-refractivity contribution is 6.16. The molecule has 0 N–H and O–H groups in total. The van der Waals surface area contributed by atoms with Gasteiger partial charge in [-0.3, -0.25) is 0 Å². The molecule has 0 bridgehead atoms. The number of nitrogens with zero attached hydrogens (tertiary/aromatic N) is 3. The first kappa shape index (κ1) is 13.0. The first-order valence-electron chi connectivity index (χ1n) is 5.60. The average Bonchev–Trinajstić information content (AvgIpc) is 2.73. The quantitative estimate of drug-likeness (QED) is 0.798. The van der Waals surface area contributed by atoms with Crippen LogP contribution in [0.4, 0.5) is 8.78 Å². The molecule has 2 rings (SSSR count). The fourth-order valence-corrected chi connectivity index (χ4v) is 1.96. The molecule has 2 aromatic rings. The number of rotatable bonds is 4. The van der Waals surface area contributed by atoms with Crippen molar-refractivity contribution in [2.75, 3.05) is 0 Å². The largest absolute Gasteiger partial charge is 0.310 e. The maximum atomic E-state index is 13.7. The molecule has 6 heteroatoms. The van der Waals surface area contributed by atoms with Crippen molar-refractivity contribution in [2.45, 2.75) is 25.8 Å². The van der Waals surface area contributed by atoms with E-state index >= 15 is 0 Å². The van der Waals surface area contributed by atoms with E-state index in [1.807, 2.05) is 6.92 Å². The Morgan fingerprint density at radius 3 is 2.67 bits per heavy atom. The normalized spacial score (nSPS) is 10.9. The van der Waals surface area contributed by atoms with Crippen molar-refractivity contribution in [3.05, 3.63) is 35.7 Å². The molecule has 3 nitrogen and oxygen atoms in total. The van der Waals surface area contributed by atoms with E-state index in [1.165, 1.54) is 12.1 Å². The topological polar surface area (TPSA) is 30.7 Å². The zero-order valence-corrected chi connectivity index (χ0v) is 10.6. The van der Waals surface area contributed by atoms with Crippen molar-refractivity contribution >= 4 is 11.6 Å². The average molecular weight is 272 g/mol. The van der Waals surface area contributed by atoms with Crippen LogP contribution in [0.3, 0.4) is 0 Å². The standard InChI is InChI=1S/C12H12ClF2N3/c1-2-5-18-11(7-13)16-17-12(18)9-4-3-8(14)6-10(9)15/h3-4,6H,2,5,7H2,1H3. The summed E-state index contributed by atoms with van der Waals surface area (Å²) in [6.07, 6.45) is 0.845. The third-order valence-electron chi connectivity index (χ3n) is 2.57. The lowest BCUT2D eigenvalue weighted by Gasteiger charge is -2.08. The first-order chi connectivity index (χ1) is 8.67. The minimum atomic E-state index is -0.652. The van der Waals surface area contributed by atoms with Crippen LogP contribution in [0.2, 0.25) is 0 Å². The predicted molar refractivity (Wildman–Crippen MR) is 65.2 cm³/mol. The summed E-state index contributed by atoms with van der Waals surface area (Å²) in [6.45, 7) is 2.63. The molecule has 0 saturated heterocycles. The summed E-state index contributed by atoms with van der Waals surface area (Å²) in [7, 11) is 0. The summed E-state index contributed by atoms with van der Waals surface area (Å²) < 4.78 is 28.3.